The van der Waals surface area contributed by atoms with Crippen molar-refractivity contribution in [1.82, 2.24) is 5.32 Å². The Morgan fingerprint density at radius 2 is 2.22 bits per heavy atom. The van der Waals surface area contributed by atoms with E-state index in [2.05, 4.69) is 5.32 Å². The molecule has 1 aromatic carbocycles. The van der Waals surface area contributed by atoms with Gasteiger partial charge in [0.05, 0.1) is 11.6 Å². The summed E-state index contributed by atoms with van der Waals surface area (Å²) in [4.78, 5) is 0. The molecule has 0 spiro atoms. The molecule has 18 heavy (non-hydrogen) atoms. The Bertz CT molecular complexity index is 407. The highest BCUT2D eigenvalue weighted by molar-refractivity contribution is 6.30. The van der Waals surface area contributed by atoms with E-state index in [0.717, 1.165) is 31.7 Å². The van der Waals surface area contributed by atoms with Crippen molar-refractivity contribution in [2.75, 3.05) is 26.8 Å². The van der Waals surface area contributed by atoms with Gasteiger partial charge in [0.1, 0.15) is 5.82 Å². The first-order chi connectivity index (χ1) is 8.65. The second-order valence-corrected chi connectivity index (χ2v) is 5.50. The van der Waals surface area contributed by atoms with Crippen LogP contribution in [-0.2, 0) is 11.2 Å². The predicted octanol–water partition coefficient (Wildman–Crippen LogP) is 3.04. The van der Waals surface area contributed by atoms with Gasteiger partial charge in [-0.3, -0.25) is 0 Å². The van der Waals surface area contributed by atoms with E-state index in [4.69, 9.17) is 16.3 Å². The van der Waals surface area contributed by atoms with Crippen molar-refractivity contribution in [2.24, 2.45) is 5.41 Å². The van der Waals surface area contributed by atoms with Crippen molar-refractivity contribution >= 4 is 11.6 Å². The first-order valence-corrected chi connectivity index (χ1v) is 6.67. The van der Waals surface area contributed by atoms with Crippen molar-refractivity contribution in [2.45, 2.75) is 19.3 Å². The van der Waals surface area contributed by atoms with Gasteiger partial charge < -0.3 is 10.1 Å². The lowest BCUT2D eigenvalue weighted by Crippen LogP contribution is -2.28. The fraction of sp³-hybridized carbons (Fsp3) is 0.571. The first-order valence-electron chi connectivity index (χ1n) is 6.29. The zero-order valence-corrected chi connectivity index (χ0v) is 11.4. The highest BCUT2D eigenvalue weighted by Crippen LogP contribution is 2.48. The molecule has 1 aromatic rings. The Morgan fingerprint density at radius 1 is 1.44 bits per heavy atom. The van der Waals surface area contributed by atoms with Gasteiger partial charge in [-0.05, 0) is 42.4 Å². The Balaban J connectivity index is 1.86. The van der Waals surface area contributed by atoms with E-state index >= 15 is 0 Å². The van der Waals surface area contributed by atoms with E-state index in [1.54, 1.807) is 13.2 Å². The molecule has 1 aliphatic carbocycles. The number of nitrogens with one attached hydrogen (secondary N) is 1. The van der Waals surface area contributed by atoms with Crippen LogP contribution in [0.25, 0.3) is 0 Å². The number of methoxy groups -OCH3 is 1. The quantitative estimate of drug-likeness (QED) is 0.770. The van der Waals surface area contributed by atoms with Crippen LogP contribution in [-0.4, -0.2) is 26.8 Å². The van der Waals surface area contributed by atoms with E-state index in [1.165, 1.54) is 18.9 Å². The van der Waals surface area contributed by atoms with Crippen molar-refractivity contribution in [3.63, 3.8) is 0 Å². The summed E-state index contributed by atoms with van der Waals surface area (Å²) in [5, 5.41) is 3.62. The molecule has 2 rings (SSSR count). The van der Waals surface area contributed by atoms with Gasteiger partial charge in [0.25, 0.3) is 0 Å². The summed E-state index contributed by atoms with van der Waals surface area (Å²) in [6.07, 6.45) is 3.41. The van der Waals surface area contributed by atoms with E-state index in [0.29, 0.717) is 5.41 Å². The molecule has 1 aliphatic rings. The molecule has 0 aliphatic heterocycles. The van der Waals surface area contributed by atoms with Crippen molar-refractivity contribution in [1.29, 1.82) is 0 Å². The maximum atomic E-state index is 13.1. The minimum Gasteiger partial charge on any atom is -0.383 e. The summed E-state index contributed by atoms with van der Waals surface area (Å²) in [7, 11) is 1.70. The number of ether oxygens (including phenoxy) is 1. The van der Waals surface area contributed by atoms with E-state index in [9.17, 15) is 4.39 Å². The van der Waals surface area contributed by atoms with Gasteiger partial charge in [-0.15, -0.1) is 0 Å². The Labute approximate surface area is 112 Å². The third-order valence-corrected chi connectivity index (χ3v) is 3.79. The van der Waals surface area contributed by atoms with E-state index in [1.807, 2.05) is 6.07 Å². The molecule has 1 fully saturated rings. The molecule has 2 nitrogen and oxygen atoms in total. The van der Waals surface area contributed by atoms with Gasteiger partial charge in [-0.2, -0.15) is 0 Å². The third-order valence-electron chi connectivity index (χ3n) is 3.50. The second kappa shape index (κ2) is 6.00. The van der Waals surface area contributed by atoms with Gasteiger partial charge in [0.15, 0.2) is 0 Å². The zero-order valence-electron chi connectivity index (χ0n) is 10.6. The van der Waals surface area contributed by atoms with Crippen LogP contribution >= 0.6 is 11.6 Å². The number of rotatable bonds is 7. The molecule has 0 aromatic heterocycles. The summed E-state index contributed by atoms with van der Waals surface area (Å²) in [6, 6.07) is 5.02. The molecule has 1 saturated carbocycles. The van der Waals surface area contributed by atoms with Crippen LogP contribution in [0.15, 0.2) is 18.2 Å². The van der Waals surface area contributed by atoms with Crippen LogP contribution in [0, 0.1) is 11.2 Å². The van der Waals surface area contributed by atoms with Crippen molar-refractivity contribution < 1.29 is 9.13 Å². The lowest BCUT2D eigenvalue weighted by atomic mass is 9.96. The van der Waals surface area contributed by atoms with Crippen molar-refractivity contribution in [3.8, 4) is 0 Å². The average Bonchev–Trinajstić information content (AvgIpc) is 3.10. The molecule has 0 saturated heterocycles. The van der Waals surface area contributed by atoms with Gasteiger partial charge in [0.2, 0.25) is 0 Å². The molecule has 0 amide bonds. The second-order valence-electron chi connectivity index (χ2n) is 5.09. The van der Waals surface area contributed by atoms with Gasteiger partial charge in [-0.1, -0.05) is 17.7 Å². The summed E-state index contributed by atoms with van der Waals surface area (Å²) in [5.41, 5.74) is 1.46. The number of benzene rings is 1. The molecule has 0 heterocycles. The molecule has 4 heteroatoms. The monoisotopic (exact) mass is 271 g/mol. The molecule has 0 bridgehead atoms. The van der Waals surface area contributed by atoms with Gasteiger partial charge in [0, 0.05) is 20.2 Å². The van der Waals surface area contributed by atoms with Crippen molar-refractivity contribution in [3.05, 3.63) is 34.6 Å². The topological polar surface area (TPSA) is 21.3 Å². The molecule has 1 N–H and O–H groups in total. The minimum absolute atomic E-state index is 0.218. The smallest absolute Gasteiger partial charge is 0.141 e. The summed E-state index contributed by atoms with van der Waals surface area (Å²) >= 11 is 5.80. The minimum atomic E-state index is -0.344. The lowest BCUT2D eigenvalue weighted by Gasteiger charge is -2.16. The van der Waals surface area contributed by atoms with Gasteiger partial charge >= 0.3 is 0 Å². The Kier molecular flexibility index (Phi) is 4.60. The summed E-state index contributed by atoms with van der Waals surface area (Å²) in [5.74, 6) is -0.344. The SMILES string of the molecule is COCCNCC1(Cc2ccc(F)c(Cl)c2)CC1. The number of halogens is 2. The zero-order chi connectivity index (χ0) is 13.0. The van der Waals surface area contributed by atoms with Crippen LogP contribution in [0.5, 0.6) is 0 Å². The number of hydrogen-bond acceptors (Lipinski definition) is 2. The molecular weight excluding hydrogens is 253 g/mol. The summed E-state index contributed by atoms with van der Waals surface area (Å²) < 4.78 is 18.1. The van der Waals surface area contributed by atoms with Crippen LogP contribution < -0.4 is 5.32 Å². The molecule has 0 unspecified atom stereocenters. The standard InChI is InChI=1S/C14H19ClFNO/c1-18-7-6-17-10-14(4-5-14)9-11-2-3-13(16)12(15)8-11/h2-3,8,17H,4-7,9-10H2,1H3. The Hall–Kier alpha value is -0.640. The molecule has 0 radical (unpaired) electrons. The Morgan fingerprint density at radius 3 is 2.83 bits per heavy atom. The largest absolute Gasteiger partial charge is 0.383 e. The van der Waals surface area contributed by atoms with Gasteiger partial charge in [-0.25, -0.2) is 4.39 Å². The van der Waals surface area contributed by atoms with Crippen LogP contribution in [0.2, 0.25) is 5.02 Å². The molecular formula is C14H19ClFNO. The average molecular weight is 272 g/mol. The van der Waals surface area contributed by atoms with E-state index < -0.39 is 0 Å². The lowest BCUT2D eigenvalue weighted by molar-refractivity contribution is 0.197. The molecule has 0 atom stereocenters. The fourth-order valence-electron chi connectivity index (χ4n) is 2.20. The number of hydrogen-bond donors (Lipinski definition) is 1. The normalized spacial score (nSPS) is 16.8. The van der Waals surface area contributed by atoms with E-state index in [-0.39, 0.29) is 10.8 Å². The third kappa shape index (κ3) is 3.67. The summed E-state index contributed by atoms with van der Waals surface area (Å²) in [6.45, 7) is 2.60. The maximum Gasteiger partial charge on any atom is 0.141 e. The maximum absolute atomic E-state index is 13.1. The fourth-order valence-corrected chi connectivity index (χ4v) is 2.41. The molecule has 100 valence electrons. The van der Waals surface area contributed by atoms with Crippen LogP contribution in [0.1, 0.15) is 18.4 Å². The van der Waals surface area contributed by atoms with Crippen LogP contribution in [0.4, 0.5) is 4.39 Å². The first kappa shape index (κ1) is 13.8. The highest BCUT2D eigenvalue weighted by Gasteiger charge is 2.41. The predicted molar refractivity (Wildman–Crippen MR) is 71.5 cm³/mol. The highest BCUT2D eigenvalue weighted by atomic mass is 35.5. The van der Waals surface area contributed by atoms with Crippen LogP contribution in [0.3, 0.4) is 0 Å².